The summed E-state index contributed by atoms with van der Waals surface area (Å²) in [4.78, 5) is 39.3. The van der Waals surface area contributed by atoms with Gasteiger partial charge in [0.25, 0.3) is 0 Å². The molecule has 39 heavy (non-hydrogen) atoms. The van der Waals surface area contributed by atoms with E-state index in [1.54, 1.807) is 60.3 Å². The minimum absolute atomic E-state index is 0.00665. The smallest absolute Gasteiger partial charge is 0.355 e. The zero-order valence-corrected chi connectivity index (χ0v) is 23.8. The molecule has 0 aliphatic carbocycles. The normalized spacial score (nSPS) is 20.8. The molecule has 1 fully saturated rings. The van der Waals surface area contributed by atoms with Crippen LogP contribution in [-0.2, 0) is 20.9 Å². The zero-order chi connectivity index (χ0) is 27.4. The summed E-state index contributed by atoms with van der Waals surface area (Å²) in [5, 5.41) is 0.0546. The Hall–Kier alpha value is -3.30. The number of ether oxygens (including phenoxy) is 2. The summed E-state index contributed by atoms with van der Waals surface area (Å²) in [6, 6.07) is 15.2. The number of fused-ring (bicyclic) bond motifs is 1. The van der Waals surface area contributed by atoms with Gasteiger partial charge >= 0.3 is 5.97 Å². The molecule has 7 nitrogen and oxygen atoms in total. The monoisotopic (exact) mass is 561 g/mol. The summed E-state index contributed by atoms with van der Waals surface area (Å²) in [6.07, 6.45) is 7.89. The van der Waals surface area contributed by atoms with Crippen LogP contribution in [0.4, 0.5) is 0 Å². The number of carbonyl (C=O) groups excluding carboxylic acids is 2. The van der Waals surface area contributed by atoms with Crippen molar-refractivity contribution in [2.45, 2.75) is 48.0 Å². The van der Waals surface area contributed by atoms with Crippen LogP contribution in [0.1, 0.15) is 25.8 Å². The maximum Gasteiger partial charge on any atom is 0.355 e. The average Bonchev–Trinajstić information content (AvgIpc) is 3.25. The summed E-state index contributed by atoms with van der Waals surface area (Å²) in [6.45, 7) is 4.35. The summed E-state index contributed by atoms with van der Waals surface area (Å²) in [5.41, 5.74) is 2.26. The van der Waals surface area contributed by atoms with E-state index in [4.69, 9.17) is 9.47 Å². The van der Waals surface area contributed by atoms with Gasteiger partial charge in [-0.15, -0.1) is 23.5 Å². The molecule has 5 rings (SSSR count). The van der Waals surface area contributed by atoms with E-state index in [0.29, 0.717) is 11.4 Å². The van der Waals surface area contributed by atoms with Crippen LogP contribution in [0, 0.1) is 11.8 Å². The SMILES string of the molecule is CCC1C(CSc2ccncc2)=C(C(=O)OCc2ccc(OC)cc2)N2C(=O)[C@H](C(C)Sc3ccncc3)[C@H]12. The highest BCUT2D eigenvalue weighted by Gasteiger charge is 2.60. The van der Waals surface area contributed by atoms with Crippen molar-refractivity contribution >= 4 is 35.4 Å². The van der Waals surface area contributed by atoms with Crippen molar-refractivity contribution in [3.63, 3.8) is 0 Å². The largest absolute Gasteiger partial charge is 0.497 e. The average molecular weight is 562 g/mol. The van der Waals surface area contributed by atoms with E-state index in [1.165, 1.54) is 0 Å². The Morgan fingerprint density at radius 3 is 2.26 bits per heavy atom. The molecule has 0 N–H and O–H groups in total. The first-order valence-electron chi connectivity index (χ1n) is 13.0. The molecule has 2 aromatic heterocycles. The lowest BCUT2D eigenvalue weighted by Crippen LogP contribution is -2.63. The van der Waals surface area contributed by atoms with Crippen molar-refractivity contribution in [1.29, 1.82) is 0 Å². The minimum Gasteiger partial charge on any atom is -0.497 e. The zero-order valence-electron chi connectivity index (χ0n) is 22.2. The number of esters is 1. The molecule has 3 aromatic rings. The fourth-order valence-electron chi connectivity index (χ4n) is 5.37. The van der Waals surface area contributed by atoms with E-state index >= 15 is 0 Å². The molecule has 2 aliphatic heterocycles. The molecule has 1 amide bonds. The standard InChI is InChI=1S/C30H31N3O4S2/c1-4-24-25(18-38-22-9-13-31-14-10-22)28(30(35)37-17-20-5-7-21(36-3)8-6-20)33-27(24)26(29(33)34)19(2)39-23-11-15-32-16-12-23/h5-16,19,24,26-27H,4,17-18H2,1-3H3/t19?,24?,26-,27+/m1/s1. The van der Waals surface area contributed by atoms with Crippen molar-refractivity contribution in [2.75, 3.05) is 12.9 Å². The number of thioether (sulfide) groups is 2. The number of rotatable bonds is 11. The number of hydrogen-bond donors (Lipinski definition) is 0. The molecule has 0 spiro atoms. The first-order chi connectivity index (χ1) is 19.0. The lowest BCUT2D eigenvalue weighted by molar-refractivity contribution is -0.158. The number of carbonyl (C=O) groups is 2. The van der Waals surface area contributed by atoms with Crippen molar-refractivity contribution in [3.8, 4) is 5.75 Å². The van der Waals surface area contributed by atoms with Crippen molar-refractivity contribution in [2.24, 2.45) is 11.8 Å². The summed E-state index contributed by atoms with van der Waals surface area (Å²) >= 11 is 3.33. The number of pyridine rings is 2. The van der Waals surface area contributed by atoms with Crippen molar-refractivity contribution in [3.05, 3.63) is 90.2 Å². The second-order valence-electron chi connectivity index (χ2n) is 9.51. The van der Waals surface area contributed by atoms with E-state index in [9.17, 15) is 9.59 Å². The summed E-state index contributed by atoms with van der Waals surface area (Å²) in [7, 11) is 1.61. The number of benzene rings is 1. The summed E-state index contributed by atoms with van der Waals surface area (Å²) < 4.78 is 11.0. The van der Waals surface area contributed by atoms with Gasteiger partial charge < -0.3 is 14.4 Å². The Morgan fingerprint density at radius 1 is 1.00 bits per heavy atom. The Labute approximate surface area is 237 Å². The van der Waals surface area contributed by atoms with E-state index in [0.717, 1.165) is 33.1 Å². The molecule has 1 saturated heterocycles. The second-order valence-corrected chi connectivity index (χ2v) is 12.0. The van der Waals surface area contributed by atoms with Crippen molar-refractivity contribution < 1.29 is 19.1 Å². The number of methoxy groups -OCH3 is 1. The fraction of sp³-hybridized carbons (Fsp3) is 0.333. The summed E-state index contributed by atoms with van der Waals surface area (Å²) in [5.74, 6) is 0.802. The fourth-order valence-corrected chi connectivity index (χ4v) is 7.49. The van der Waals surface area contributed by atoms with Gasteiger partial charge in [-0.05, 0) is 54.0 Å². The number of β-lactam (4-membered cyclic amide) rings is 1. The third kappa shape index (κ3) is 5.70. The number of hydrogen-bond acceptors (Lipinski definition) is 8. The maximum atomic E-state index is 13.6. The van der Waals surface area contributed by atoms with Crippen molar-refractivity contribution in [1.82, 2.24) is 14.9 Å². The van der Waals surface area contributed by atoms with Gasteiger partial charge in [0.05, 0.1) is 19.1 Å². The molecule has 9 heteroatoms. The second kappa shape index (κ2) is 12.3. The van der Waals surface area contributed by atoms with Gasteiger partial charge in [0.1, 0.15) is 18.1 Å². The predicted molar refractivity (Wildman–Crippen MR) is 152 cm³/mol. The molecule has 1 aromatic carbocycles. The molecular weight excluding hydrogens is 530 g/mol. The van der Waals surface area contributed by atoms with Crippen LogP contribution in [0.25, 0.3) is 0 Å². The molecule has 202 valence electrons. The third-order valence-corrected chi connectivity index (χ3v) is 9.55. The molecule has 2 aliphatic rings. The van der Waals surface area contributed by atoms with Gasteiger partial charge in [-0.1, -0.05) is 26.0 Å². The highest BCUT2D eigenvalue weighted by molar-refractivity contribution is 8.00. The van der Waals surface area contributed by atoms with Crippen LogP contribution in [-0.4, -0.2) is 50.9 Å². The first-order valence-corrected chi connectivity index (χ1v) is 14.8. The van der Waals surface area contributed by atoms with Gasteiger partial charge in [-0.25, -0.2) is 4.79 Å². The lowest BCUT2D eigenvalue weighted by atomic mass is 9.77. The van der Waals surface area contributed by atoms with Gasteiger partial charge in [0, 0.05) is 51.5 Å². The van der Waals surface area contributed by atoms with Gasteiger partial charge in [-0.3, -0.25) is 14.8 Å². The first kappa shape index (κ1) is 27.3. The lowest BCUT2D eigenvalue weighted by Gasteiger charge is -2.48. The quantitative estimate of drug-likeness (QED) is 0.169. The molecular formula is C30H31N3O4S2. The molecule has 2 unspecified atom stereocenters. The molecule has 0 bridgehead atoms. The van der Waals surface area contributed by atoms with Crippen LogP contribution in [0.15, 0.2) is 94.4 Å². The van der Waals surface area contributed by atoms with Crippen LogP contribution in [0.3, 0.4) is 0 Å². The predicted octanol–water partition coefficient (Wildman–Crippen LogP) is 5.62. The topological polar surface area (TPSA) is 81.6 Å². The molecule has 4 heterocycles. The molecule has 4 atom stereocenters. The van der Waals surface area contributed by atoms with Crippen LogP contribution in [0.5, 0.6) is 5.75 Å². The Balaban J connectivity index is 1.39. The number of aromatic nitrogens is 2. The Morgan fingerprint density at radius 2 is 1.64 bits per heavy atom. The Bertz CT molecular complexity index is 1340. The van der Waals surface area contributed by atoms with E-state index in [-0.39, 0.29) is 35.6 Å². The van der Waals surface area contributed by atoms with E-state index in [2.05, 4.69) is 23.8 Å². The highest BCUT2D eigenvalue weighted by Crippen LogP contribution is 2.52. The van der Waals surface area contributed by atoms with Crippen LogP contribution < -0.4 is 4.74 Å². The highest BCUT2D eigenvalue weighted by atomic mass is 32.2. The van der Waals surface area contributed by atoms with Gasteiger partial charge in [0.2, 0.25) is 5.91 Å². The van der Waals surface area contributed by atoms with Crippen LogP contribution in [0.2, 0.25) is 0 Å². The van der Waals surface area contributed by atoms with Crippen LogP contribution >= 0.6 is 23.5 Å². The number of nitrogens with zero attached hydrogens (tertiary/aromatic N) is 3. The van der Waals surface area contributed by atoms with Gasteiger partial charge in [0.15, 0.2) is 0 Å². The third-order valence-electron chi connectivity index (χ3n) is 7.28. The van der Waals surface area contributed by atoms with E-state index in [1.807, 2.05) is 48.5 Å². The van der Waals surface area contributed by atoms with Gasteiger partial charge in [-0.2, -0.15) is 0 Å². The minimum atomic E-state index is -0.446. The maximum absolute atomic E-state index is 13.6. The molecule has 0 radical (unpaired) electrons. The Kier molecular flexibility index (Phi) is 8.57. The van der Waals surface area contributed by atoms with E-state index < -0.39 is 5.97 Å². The number of amides is 1. The molecule has 0 saturated carbocycles.